The molecule has 96 valence electrons. The van der Waals surface area contributed by atoms with Gasteiger partial charge in [-0.3, -0.25) is 0 Å². The number of nitrogens with zero attached hydrogens (tertiary/aromatic N) is 1. The van der Waals surface area contributed by atoms with Crippen molar-refractivity contribution in [2.45, 2.75) is 51.6 Å². The highest BCUT2D eigenvalue weighted by Crippen LogP contribution is 2.31. The number of hydrogen-bond acceptors (Lipinski definition) is 3. The van der Waals surface area contributed by atoms with E-state index in [1.54, 1.807) is 0 Å². The third kappa shape index (κ3) is 3.72. The summed E-state index contributed by atoms with van der Waals surface area (Å²) in [4.78, 5) is 2.25. The van der Waals surface area contributed by atoms with Crippen LogP contribution in [-0.2, 0) is 0 Å². The van der Waals surface area contributed by atoms with Gasteiger partial charge in [0.05, 0.1) is 5.60 Å². The summed E-state index contributed by atoms with van der Waals surface area (Å²) in [6, 6.07) is 0. The first-order valence-corrected chi connectivity index (χ1v) is 6.54. The number of aliphatic hydroxyl groups is 1. The number of nitrogens with two attached hydrogens (primary N) is 1. The predicted octanol–water partition coefficient (Wildman–Crippen LogP) is 1.60. The molecule has 1 unspecified atom stereocenters. The molecule has 0 bridgehead atoms. The van der Waals surface area contributed by atoms with Crippen LogP contribution in [0, 0.1) is 5.41 Å². The predicted molar refractivity (Wildman–Crippen MR) is 68.4 cm³/mol. The lowest BCUT2D eigenvalue weighted by Gasteiger charge is -2.35. The van der Waals surface area contributed by atoms with Crippen LogP contribution < -0.4 is 5.73 Å². The Bertz CT molecular complexity index is 202. The second kappa shape index (κ2) is 5.48. The lowest BCUT2D eigenvalue weighted by atomic mass is 9.86. The molecular weight excluding hydrogens is 200 g/mol. The van der Waals surface area contributed by atoms with Gasteiger partial charge in [-0.1, -0.05) is 26.7 Å². The zero-order valence-electron chi connectivity index (χ0n) is 11.1. The first kappa shape index (κ1) is 13.9. The van der Waals surface area contributed by atoms with Crippen molar-refractivity contribution in [2.75, 3.05) is 26.7 Å². The molecule has 3 heteroatoms. The van der Waals surface area contributed by atoms with Crippen molar-refractivity contribution in [1.82, 2.24) is 4.90 Å². The van der Waals surface area contributed by atoms with Crippen LogP contribution in [0.2, 0.25) is 0 Å². The van der Waals surface area contributed by atoms with Crippen LogP contribution in [0.1, 0.15) is 46.0 Å². The van der Waals surface area contributed by atoms with Gasteiger partial charge in [-0.05, 0) is 38.3 Å². The van der Waals surface area contributed by atoms with E-state index in [2.05, 4.69) is 25.8 Å². The van der Waals surface area contributed by atoms with Crippen LogP contribution >= 0.6 is 0 Å². The van der Waals surface area contributed by atoms with E-state index in [-0.39, 0.29) is 5.41 Å². The summed E-state index contributed by atoms with van der Waals surface area (Å²) < 4.78 is 0. The highest BCUT2D eigenvalue weighted by Gasteiger charge is 2.33. The van der Waals surface area contributed by atoms with E-state index in [4.69, 9.17) is 5.73 Å². The van der Waals surface area contributed by atoms with Crippen molar-refractivity contribution >= 4 is 0 Å². The quantitative estimate of drug-likeness (QED) is 0.726. The molecule has 0 heterocycles. The van der Waals surface area contributed by atoms with Gasteiger partial charge in [0, 0.05) is 13.1 Å². The summed E-state index contributed by atoms with van der Waals surface area (Å²) in [6.45, 7) is 6.89. The van der Waals surface area contributed by atoms with Crippen LogP contribution in [0.15, 0.2) is 0 Å². The molecule has 0 aliphatic heterocycles. The molecule has 3 nitrogen and oxygen atoms in total. The van der Waals surface area contributed by atoms with Gasteiger partial charge in [0.25, 0.3) is 0 Å². The largest absolute Gasteiger partial charge is 0.389 e. The minimum atomic E-state index is -0.433. The van der Waals surface area contributed by atoms with Gasteiger partial charge < -0.3 is 15.7 Å². The van der Waals surface area contributed by atoms with Crippen LogP contribution in [0.4, 0.5) is 0 Å². The summed E-state index contributed by atoms with van der Waals surface area (Å²) in [5, 5.41) is 10.3. The Balaban J connectivity index is 2.43. The van der Waals surface area contributed by atoms with E-state index in [1.807, 2.05) is 0 Å². The van der Waals surface area contributed by atoms with Crippen LogP contribution in [-0.4, -0.2) is 42.3 Å². The number of hydrogen-bond donors (Lipinski definition) is 2. The fourth-order valence-electron chi connectivity index (χ4n) is 2.72. The summed E-state index contributed by atoms with van der Waals surface area (Å²) in [5.41, 5.74) is 5.57. The zero-order valence-corrected chi connectivity index (χ0v) is 11.1. The van der Waals surface area contributed by atoms with E-state index in [1.165, 1.54) is 12.8 Å². The number of likely N-dealkylation sites (N-methyl/N-ethyl adjacent to an activating group) is 1. The van der Waals surface area contributed by atoms with Gasteiger partial charge in [-0.15, -0.1) is 0 Å². The third-order valence-electron chi connectivity index (χ3n) is 4.10. The fraction of sp³-hybridized carbons (Fsp3) is 1.00. The molecular formula is C13H28N2O. The Kier molecular flexibility index (Phi) is 4.77. The van der Waals surface area contributed by atoms with Gasteiger partial charge in [0.1, 0.15) is 0 Å². The molecule has 1 rings (SSSR count). The first-order valence-electron chi connectivity index (χ1n) is 6.54. The molecule has 0 radical (unpaired) electrons. The molecule has 1 fully saturated rings. The van der Waals surface area contributed by atoms with Crippen molar-refractivity contribution in [3.63, 3.8) is 0 Å². The lowest BCUT2D eigenvalue weighted by Crippen LogP contribution is -2.45. The first-order chi connectivity index (χ1) is 7.43. The molecule has 1 saturated carbocycles. The van der Waals surface area contributed by atoms with Gasteiger partial charge >= 0.3 is 0 Å². The Morgan fingerprint density at radius 3 is 2.38 bits per heavy atom. The molecule has 1 aliphatic rings. The summed E-state index contributed by atoms with van der Waals surface area (Å²) in [7, 11) is 2.10. The van der Waals surface area contributed by atoms with Crippen molar-refractivity contribution in [2.24, 2.45) is 11.1 Å². The minimum Gasteiger partial charge on any atom is -0.389 e. The molecule has 0 aromatic heterocycles. The minimum absolute atomic E-state index is 0.184. The normalized spacial score (nSPS) is 23.6. The SMILES string of the molecule is CCC(C)(CN)CN(C)CC1(O)CCCC1. The second-order valence-electron chi connectivity index (χ2n) is 5.97. The van der Waals surface area contributed by atoms with Gasteiger partial charge in [0.2, 0.25) is 0 Å². The third-order valence-corrected chi connectivity index (χ3v) is 4.10. The fourth-order valence-corrected chi connectivity index (χ4v) is 2.72. The molecule has 0 saturated heterocycles. The Morgan fingerprint density at radius 2 is 1.94 bits per heavy atom. The molecule has 0 aromatic carbocycles. The maximum atomic E-state index is 10.3. The van der Waals surface area contributed by atoms with E-state index in [9.17, 15) is 5.11 Å². The molecule has 0 spiro atoms. The van der Waals surface area contributed by atoms with Crippen LogP contribution in [0.3, 0.4) is 0 Å². The summed E-state index contributed by atoms with van der Waals surface area (Å²) >= 11 is 0. The zero-order chi connectivity index (χ0) is 12.2. The molecule has 16 heavy (non-hydrogen) atoms. The standard InChI is InChI=1S/C13H28N2O/c1-4-12(2,9-14)10-15(3)11-13(16)7-5-6-8-13/h16H,4-11,14H2,1-3H3. The molecule has 1 atom stereocenters. The van der Waals surface area contributed by atoms with Crippen LogP contribution in [0.25, 0.3) is 0 Å². The van der Waals surface area contributed by atoms with E-state index >= 15 is 0 Å². The Morgan fingerprint density at radius 1 is 1.38 bits per heavy atom. The molecule has 0 aromatic rings. The molecule has 3 N–H and O–H groups in total. The van der Waals surface area contributed by atoms with Gasteiger partial charge in [-0.2, -0.15) is 0 Å². The average Bonchev–Trinajstić information content (AvgIpc) is 2.64. The Labute approximate surface area is 100 Å². The highest BCUT2D eigenvalue weighted by molar-refractivity contribution is 4.88. The lowest BCUT2D eigenvalue weighted by molar-refractivity contribution is 0.00709. The maximum absolute atomic E-state index is 10.3. The van der Waals surface area contributed by atoms with Crippen molar-refractivity contribution < 1.29 is 5.11 Å². The monoisotopic (exact) mass is 228 g/mol. The highest BCUT2D eigenvalue weighted by atomic mass is 16.3. The second-order valence-corrected chi connectivity index (χ2v) is 5.97. The average molecular weight is 228 g/mol. The van der Waals surface area contributed by atoms with Crippen molar-refractivity contribution in [3.8, 4) is 0 Å². The van der Waals surface area contributed by atoms with Crippen LogP contribution in [0.5, 0.6) is 0 Å². The maximum Gasteiger partial charge on any atom is 0.0774 e. The molecule has 0 amide bonds. The van der Waals surface area contributed by atoms with Gasteiger partial charge in [0.15, 0.2) is 0 Å². The summed E-state index contributed by atoms with van der Waals surface area (Å²) in [6.07, 6.45) is 5.36. The molecule has 1 aliphatic carbocycles. The topological polar surface area (TPSA) is 49.5 Å². The van der Waals surface area contributed by atoms with Crippen molar-refractivity contribution in [1.29, 1.82) is 0 Å². The van der Waals surface area contributed by atoms with Gasteiger partial charge in [-0.25, -0.2) is 0 Å². The smallest absolute Gasteiger partial charge is 0.0774 e. The Hall–Kier alpha value is -0.120. The number of rotatable bonds is 6. The van der Waals surface area contributed by atoms with Crippen molar-refractivity contribution in [3.05, 3.63) is 0 Å². The van der Waals surface area contributed by atoms with E-state index in [0.717, 1.165) is 32.4 Å². The van der Waals surface area contributed by atoms with E-state index < -0.39 is 5.60 Å². The summed E-state index contributed by atoms with van der Waals surface area (Å²) in [5.74, 6) is 0. The van der Waals surface area contributed by atoms with E-state index in [0.29, 0.717) is 6.54 Å².